The molecule has 0 fully saturated rings. The number of amides is 1. The zero-order valence-corrected chi connectivity index (χ0v) is 10.6. The zero-order chi connectivity index (χ0) is 15.5. The van der Waals surface area contributed by atoms with Crippen molar-refractivity contribution in [2.24, 2.45) is 0 Å². The number of imidazole rings is 1. The van der Waals surface area contributed by atoms with Gasteiger partial charge in [0.25, 0.3) is 5.91 Å². The number of nitrogens with one attached hydrogen (secondary N) is 2. The Labute approximate surface area is 117 Å². The van der Waals surface area contributed by atoms with E-state index in [1.165, 1.54) is 0 Å². The molecule has 0 unspecified atom stereocenters. The van der Waals surface area contributed by atoms with Crippen molar-refractivity contribution in [2.45, 2.75) is 19.3 Å². The third-order valence-corrected chi connectivity index (χ3v) is 2.59. The molecule has 112 valence electrons. The van der Waals surface area contributed by atoms with E-state index in [1.54, 1.807) is 18.2 Å². The van der Waals surface area contributed by atoms with Crippen LogP contribution in [0.4, 0.5) is 13.2 Å². The van der Waals surface area contributed by atoms with E-state index in [0.717, 1.165) is 6.33 Å². The van der Waals surface area contributed by atoms with Crippen molar-refractivity contribution in [1.82, 2.24) is 20.3 Å². The molecule has 0 aromatic carbocycles. The van der Waals surface area contributed by atoms with E-state index in [1.807, 2.05) is 4.98 Å². The van der Waals surface area contributed by atoms with Crippen molar-refractivity contribution in [1.29, 1.82) is 0 Å². The average molecular weight is 300 g/mol. The number of halogens is 3. The summed E-state index contributed by atoms with van der Waals surface area (Å²) in [6.07, 6.45) is -3.87. The number of H-pyrrole nitrogens is 1. The van der Waals surface area contributed by atoms with Gasteiger partial charge in [-0.3, -0.25) is 9.78 Å². The Kier molecular flexibility index (Phi) is 4.22. The van der Waals surface area contributed by atoms with E-state index in [-0.39, 0.29) is 13.2 Å². The van der Waals surface area contributed by atoms with Gasteiger partial charge in [0.15, 0.2) is 11.4 Å². The lowest BCUT2D eigenvalue weighted by atomic mass is 10.2. The summed E-state index contributed by atoms with van der Waals surface area (Å²) >= 11 is 0. The Morgan fingerprint density at radius 1 is 1.33 bits per heavy atom. The van der Waals surface area contributed by atoms with E-state index < -0.39 is 23.5 Å². The highest BCUT2D eigenvalue weighted by molar-refractivity contribution is 5.93. The number of hydrogen-bond acceptors (Lipinski definition) is 4. The van der Waals surface area contributed by atoms with Crippen LogP contribution in [0.3, 0.4) is 0 Å². The number of alkyl halides is 3. The molecule has 6 nitrogen and oxygen atoms in total. The van der Waals surface area contributed by atoms with Crippen molar-refractivity contribution in [3.63, 3.8) is 0 Å². The standard InChI is InChI=1S/C12H11F3N4O2/c13-12(14,15)10-9(17-6-18-10)11(21)16-4-7-2-1-3-8(5-20)19-7/h1-3,6,20H,4-5H2,(H,16,21)(H,17,18). The number of aliphatic hydroxyl groups is 1. The maximum absolute atomic E-state index is 12.6. The fourth-order valence-electron chi connectivity index (χ4n) is 1.65. The lowest BCUT2D eigenvalue weighted by molar-refractivity contribution is -0.141. The summed E-state index contributed by atoms with van der Waals surface area (Å²) in [6.45, 7) is -0.337. The quantitative estimate of drug-likeness (QED) is 0.792. The Hall–Kier alpha value is -2.42. The third-order valence-electron chi connectivity index (χ3n) is 2.59. The second-order valence-electron chi connectivity index (χ2n) is 4.08. The first-order valence-corrected chi connectivity index (χ1v) is 5.86. The monoisotopic (exact) mass is 300 g/mol. The molecule has 0 aliphatic heterocycles. The van der Waals surface area contributed by atoms with Crippen LogP contribution < -0.4 is 5.32 Å². The first kappa shape index (κ1) is 15.0. The number of carbonyl (C=O) groups excluding carboxylic acids is 1. The van der Waals surface area contributed by atoms with Gasteiger partial charge in [-0.1, -0.05) is 6.07 Å². The van der Waals surface area contributed by atoms with Gasteiger partial charge in [-0.2, -0.15) is 13.2 Å². The van der Waals surface area contributed by atoms with Crippen LogP contribution >= 0.6 is 0 Å². The van der Waals surface area contributed by atoms with E-state index in [0.29, 0.717) is 11.4 Å². The molecule has 0 atom stereocenters. The predicted octanol–water partition coefficient (Wildman–Crippen LogP) is 1.25. The van der Waals surface area contributed by atoms with Gasteiger partial charge in [0.2, 0.25) is 0 Å². The minimum absolute atomic E-state index is 0.0726. The number of aromatic nitrogens is 3. The highest BCUT2D eigenvalue weighted by Gasteiger charge is 2.37. The molecule has 0 saturated carbocycles. The first-order valence-electron chi connectivity index (χ1n) is 5.86. The first-order chi connectivity index (χ1) is 9.91. The topological polar surface area (TPSA) is 90.9 Å². The van der Waals surface area contributed by atoms with Gasteiger partial charge >= 0.3 is 6.18 Å². The molecule has 2 aromatic heterocycles. The van der Waals surface area contributed by atoms with E-state index in [4.69, 9.17) is 5.11 Å². The molecule has 0 bridgehead atoms. The summed E-state index contributed by atoms with van der Waals surface area (Å²) < 4.78 is 37.8. The summed E-state index contributed by atoms with van der Waals surface area (Å²) in [4.78, 5) is 21.0. The largest absolute Gasteiger partial charge is 0.433 e. The lowest BCUT2D eigenvalue weighted by Crippen LogP contribution is -2.26. The van der Waals surface area contributed by atoms with Gasteiger partial charge in [-0.25, -0.2) is 4.98 Å². The Morgan fingerprint density at radius 3 is 2.71 bits per heavy atom. The molecule has 1 amide bonds. The fraction of sp³-hybridized carbons (Fsp3) is 0.250. The molecule has 21 heavy (non-hydrogen) atoms. The van der Waals surface area contributed by atoms with Gasteiger partial charge in [-0.15, -0.1) is 0 Å². The van der Waals surface area contributed by atoms with Gasteiger partial charge in [0.1, 0.15) is 0 Å². The smallest absolute Gasteiger partial charge is 0.390 e. The number of carbonyl (C=O) groups is 1. The van der Waals surface area contributed by atoms with Gasteiger partial charge in [0.05, 0.1) is 30.9 Å². The van der Waals surface area contributed by atoms with Crippen LogP contribution in [0.25, 0.3) is 0 Å². The van der Waals surface area contributed by atoms with Crippen LogP contribution in [-0.4, -0.2) is 26.0 Å². The van der Waals surface area contributed by atoms with Crippen LogP contribution in [0.15, 0.2) is 24.5 Å². The minimum atomic E-state index is -4.68. The van der Waals surface area contributed by atoms with Crippen molar-refractivity contribution < 1.29 is 23.1 Å². The molecule has 3 N–H and O–H groups in total. The second kappa shape index (κ2) is 5.92. The van der Waals surface area contributed by atoms with Crippen LogP contribution in [0, 0.1) is 0 Å². The van der Waals surface area contributed by atoms with Crippen molar-refractivity contribution in [3.05, 3.63) is 47.3 Å². The number of aliphatic hydroxyl groups excluding tert-OH is 1. The summed E-state index contributed by atoms with van der Waals surface area (Å²) in [5, 5.41) is 11.2. The molecule has 0 aliphatic rings. The van der Waals surface area contributed by atoms with Crippen LogP contribution in [0.5, 0.6) is 0 Å². The highest BCUT2D eigenvalue weighted by Crippen LogP contribution is 2.29. The van der Waals surface area contributed by atoms with Gasteiger partial charge in [0, 0.05) is 0 Å². The number of pyridine rings is 1. The van der Waals surface area contributed by atoms with Crippen molar-refractivity contribution in [3.8, 4) is 0 Å². The molecule has 0 radical (unpaired) electrons. The van der Waals surface area contributed by atoms with Crippen molar-refractivity contribution >= 4 is 5.91 Å². The zero-order valence-electron chi connectivity index (χ0n) is 10.6. The molecular formula is C12H11F3N4O2. The Balaban J connectivity index is 2.07. The molecule has 9 heteroatoms. The molecule has 2 rings (SSSR count). The Bertz CT molecular complexity index is 639. The molecule has 0 aliphatic carbocycles. The SMILES string of the molecule is O=C(NCc1cccc(CO)n1)c1nc[nH]c1C(F)(F)F. The average Bonchev–Trinajstić information content (AvgIpc) is 2.94. The number of aromatic amines is 1. The van der Waals surface area contributed by atoms with Crippen LogP contribution in [0.1, 0.15) is 27.6 Å². The maximum Gasteiger partial charge on any atom is 0.433 e. The summed E-state index contributed by atoms with van der Waals surface area (Å²) in [5.74, 6) is -0.959. The maximum atomic E-state index is 12.6. The van der Waals surface area contributed by atoms with E-state index in [2.05, 4.69) is 15.3 Å². The van der Waals surface area contributed by atoms with E-state index >= 15 is 0 Å². The van der Waals surface area contributed by atoms with Crippen LogP contribution in [0.2, 0.25) is 0 Å². The van der Waals surface area contributed by atoms with Crippen LogP contribution in [-0.2, 0) is 19.3 Å². The lowest BCUT2D eigenvalue weighted by Gasteiger charge is -2.08. The van der Waals surface area contributed by atoms with Crippen molar-refractivity contribution in [2.75, 3.05) is 0 Å². The molecule has 2 heterocycles. The summed E-state index contributed by atoms with van der Waals surface area (Å²) in [6, 6.07) is 4.78. The summed E-state index contributed by atoms with van der Waals surface area (Å²) in [5.41, 5.74) is -1.10. The molecule has 0 spiro atoms. The molecule has 0 saturated heterocycles. The highest BCUT2D eigenvalue weighted by atomic mass is 19.4. The minimum Gasteiger partial charge on any atom is -0.390 e. The van der Waals surface area contributed by atoms with Gasteiger partial charge in [-0.05, 0) is 12.1 Å². The van der Waals surface area contributed by atoms with Gasteiger partial charge < -0.3 is 15.4 Å². The Morgan fingerprint density at radius 2 is 2.05 bits per heavy atom. The molecular weight excluding hydrogens is 289 g/mol. The third kappa shape index (κ3) is 3.57. The summed E-state index contributed by atoms with van der Waals surface area (Å²) in [7, 11) is 0. The molecule has 2 aromatic rings. The number of hydrogen-bond donors (Lipinski definition) is 3. The number of rotatable bonds is 4. The fourth-order valence-corrected chi connectivity index (χ4v) is 1.65. The number of nitrogens with zero attached hydrogens (tertiary/aromatic N) is 2. The predicted molar refractivity (Wildman–Crippen MR) is 64.9 cm³/mol. The second-order valence-corrected chi connectivity index (χ2v) is 4.08. The van der Waals surface area contributed by atoms with E-state index in [9.17, 15) is 18.0 Å². The normalized spacial score (nSPS) is 11.4.